The number of amides is 1. The second kappa shape index (κ2) is 6.92. The monoisotopic (exact) mass is 287 g/mol. The predicted octanol–water partition coefficient (Wildman–Crippen LogP) is 3.08. The highest BCUT2D eigenvalue weighted by Gasteiger charge is 2.15. The lowest BCUT2D eigenvalue weighted by molar-refractivity contribution is 0.0934. The largest absolute Gasteiger partial charge is 0.491 e. The Balaban J connectivity index is 2.02. The van der Waals surface area contributed by atoms with E-state index >= 15 is 0 Å². The van der Waals surface area contributed by atoms with E-state index in [1.54, 1.807) is 24.5 Å². The number of hydrogen-bond acceptors (Lipinski definition) is 3. The van der Waals surface area contributed by atoms with Crippen LogP contribution >= 0.6 is 0 Å². The normalized spacial score (nSPS) is 12.2. The molecule has 0 saturated carbocycles. The summed E-state index contributed by atoms with van der Waals surface area (Å²) in [6.45, 7) is 5.94. The van der Waals surface area contributed by atoms with Gasteiger partial charge in [0.2, 0.25) is 0 Å². The number of nitrogens with one attached hydrogen (secondary N) is 2. The van der Waals surface area contributed by atoms with Crippen LogP contribution in [0.5, 0.6) is 5.75 Å². The molecule has 0 aliphatic carbocycles. The Hall–Kier alpha value is -2.30. The molecule has 112 valence electrons. The zero-order chi connectivity index (χ0) is 15.2. The Morgan fingerprint density at radius 2 is 2.05 bits per heavy atom. The van der Waals surface area contributed by atoms with E-state index in [1.807, 2.05) is 32.9 Å². The molecule has 0 aliphatic rings. The van der Waals surface area contributed by atoms with E-state index in [1.165, 1.54) is 0 Å². The number of H-pyrrole nitrogens is 1. The van der Waals surface area contributed by atoms with Crippen LogP contribution in [-0.2, 0) is 0 Å². The van der Waals surface area contributed by atoms with Gasteiger partial charge in [0.25, 0.3) is 5.91 Å². The van der Waals surface area contributed by atoms with Gasteiger partial charge >= 0.3 is 0 Å². The van der Waals surface area contributed by atoms with Gasteiger partial charge in [0.05, 0.1) is 12.1 Å². The number of benzene rings is 1. The van der Waals surface area contributed by atoms with Gasteiger partial charge in [-0.15, -0.1) is 0 Å². The van der Waals surface area contributed by atoms with Gasteiger partial charge in [0.1, 0.15) is 11.6 Å². The first-order valence-corrected chi connectivity index (χ1v) is 7.17. The van der Waals surface area contributed by atoms with Crippen molar-refractivity contribution in [1.29, 1.82) is 0 Å². The lowest BCUT2D eigenvalue weighted by atomic mass is 10.1. The number of rotatable bonds is 6. The minimum Gasteiger partial charge on any atom is -0.491 e. The van der Waals surface area contributed by atoms with Crippen LogP contribution in [0.3, 0.4) is 0 Å². The number of hydrogen-bond donors (Lipinski definition) is 2. The Labute approximate surface area is 124 Å². The molecular formula is C16H21N3O2. The number of aromatic amines is 1. The molecule has 2 rings (SSSR count). The van der Waals surface area contributed by atoms with Gasteiger partial charge in [-0.3, -0.25) is 4.79 Å². The number of nitrogens with zero attached hydrogens (tertiary/aromatic N) is 1. The SMILES string of the molecule is CCC(NC(=O)c1ccc(OC(C)C)cc1)c1ncc[nH]1. The fourth-order valence-electron chi connectivity index (χ4n) is 2.03. The van der Waals surface area contributed by atoms with Crippen molar-refractivity contribution in [1.82, 2.24) is 15.3 Å². The summed E-state index contributed by atoms with van der Waals surface area (Å²) in [5, 5.41) is 2.97. The van der Waals surface area contributed by atoms with Crippen molar-refractivity contribution >= 4 is 5.91 Å². The summed E-state index contributed by atoms with van der Waals surface area (Å²) in [7, 11) is 0. The number of carbonyl (C=O) groups is 1. The Bertz CT molecular complexity index is 562. The fraction of sp³-hybridized carbons (Fsp3) is 0.375. The standard InChI is InChI=1S/C16H21N3O2/c1-4-14(15-17-9-10-18-15)19-16(20)12-5-7-13(8-6-12)21-11(2)3/h5-11,14H,4H2,1-3H3,(H,17,18)(H,19,20). The summed E-state index contributed by atoms with van der Waals surface area (Å²) < 4.78 is 5.56. The molecule has 0 aliphatic heterocycles. The van der Waals surface area contributed by atoms with E-state index in [0.717, 1.165) is 18.0 Å². The maximum Gasteiger partial charge on any atom is 0.251 e. The molecule has 1 aromatic carbocycles. The highest BCUT2D eigenvalue weighted by molar-refractivity contribution is 5.94. The zero-order valence-corrected chi connectivity index (χ0v) is 12.6. The number of imidazole rings is 1. The summed E-state index contributed by atoms with van der Waals surface area (Å²) in [5.74, 6) is 1.42. The molecule has 0 saturated heterocycles. The van der Waals surface area contributed by atoms with Gasteiger partial charge in [0.15, 0.2) is 0 Å². The number of carbonyl (C=O) groups excluding carboxylic acids is 1. The highest BCUT2D eigenvalue weighted by Crippen LogP contribution is 2.16. The summed E-state index contributed by atoms with van der Waals surface area (Å²) >= 11 is 0. The molecule has 5 nitrogen and oxygen atoms in total. The molecule has 21 heavy (non-hydrogen) atoms. The molecule has 1 heterocycles. The maximum absolute atomic E-state index is 12.2. The van der Waals surface area contributed by atoms with Gasteiger partial charge < -0.3 is 15.0 Å². The molecule has 2 aromatic rings. The van der Waals surface area contributed by atoms with Crippen LogP contribution in [0.4, 0.5) is 0 Å². The quantitative estimate of drug-likeness (QED) is 0.858. The van der Waals surface area contributed by atoms with E-state index in [2.05, 4.69) is 15.3 Å². The van der Waals surface area contributed by atoms with Crippen molar-refractivity contribution in [3.8, 4) is 5.75 Å². The summed E-state index contributed by atoms with van der Waals surface area (Å²) in [4.78, 5) is 19.5. The second-order valence-electron chi connectivity index (χ2n) is 5.10. The predicted molar refractivity (Wildman–Crippen MR) is 81.3 cm³/mol. The van der Waals surface area contributed by atoms with E-state index < -0.39 is 0 Å². The van der Waals surface area contributed by atoms with Crippen LogP contribution in [-0.4, -0.2) is 22.0 Å². The van der Waals surface area contributed by atoms with Crippen molar-refractivity contribution in [2.45, 2.75) is 39.3 Å². The van der Waals surface area contributed by atoms with Crippen LogP contribution in [0, 0.1) is 0 Å². The van der Waals surface area contributed by atoms with Gasteiger partial charge in [0, 0.05) is 18.0 Å². The molecule has 1 atom stereocenters. The molecule has 5 heteroatoms. The van der Waals surface area contributed by atoms with Crippen molar-refractivity contribution in [2.24, 2.45) is 0 Å². The van der Waals surface area contributed by atoms with E-state index in [4.69, 9.17) is 4.74 Å². The Kier molecular flexibility index (Phi) is 4.98. The molecule has 2 N–H and O–H groups in total. The highest BCUT2D eigenvalue weighted by atomic mass is 16.5. The third-order valence-corrected chi connectivity index (χ3v) is 3.05. The molecule has 1 aromatic heterocycles. The fourth-order valence-corrected chi connectivity index (χ4v) is 2.03. The third kappa shape index (κ3) is 4.08. The van der Waals surface area contributed by atoms with Gasteiger partial charge in [-0.05, 0) is 44.5 Å². The van der Waals surface area contributed by atoms with Crippen LogP contribution in [0.1, 0.15) is 49.4 Å². The summed E-state index contributed by atoms with van der Waals surface area (Å²) in [6.07, 6.45) is 4.33. The summed E-state index contributed by atoms with van der Waals surface area (Å²) in [6, 6.07) is 7.04. The molecule has 0 bridgehead atoms. The molecule has 0 fully saturated rings. The average Bonchev–Trinajstić information content (AvgIpc) is 2.98. The molecular weight excluding hydrogens is 266 g/mol. The number of aromatic nitrogens is 2. The first-order valence-electron chi connectivity index (χ1n) is 7.17. The van der Waals surface area contributed by atoms with Crippen LogP contribution < -0.4 is 10.1 Å². The molecule has 1 unspecified atom stereocenters. The molecule has 1 amide bonds. The van der Waals surface area contributed by atoms with Gasteiger partial charge in [-0.1, -0.05) is 6.92 Å². The topological polar surface area (TPSA) is 67.0 Å². The first kappa shape index (κ1) is 15.1. The second-order valence-corrected chi connectivity index (χ2v) is 5.10. The smallest absolute Gasteiger partial charge is 0.251 e. The lowest BCUT2D eigenvalue weighted by Crippen LogP contribution is -2.28. The minimum atomic E-state index is -0.116. The van der Waals surface area contributed by atoms with Crippen molar-refractivity contribution in [3.05, 3.63) is 48.0 Å². The number of ether oxygens (including phenoxy) is 1. The van der Waals surface area contributed by atoms with Gasteiger partial charge in [-0.2, -0.15) is 0 Å². The summed E-state index contributed by atoms with van der Waals surface area (Å²) in [5.41, 5.74) is 0.608. The zero-order valence-electron chi connectivity index (χ0n) is 12.6. The van der Waals surface area contributed by atoms with E-state index in [0.29, 0.717) is 5.56 Å². The molecule has 0 radical (unpaired) electrons. The van der Waals surface area contributed by atoms with Crippen molar-refractivity contribution in [3.63, 3.8) is 0 Å². The maximum atomic E-state index is 12.2. The van der Waals surface area contributed by atoms with Crippen molar-refractivity contribution < 1.29 is 9.53 Å². The Morgan fingerprint density at radius 3 is 2.57 bits per heavy atom. The minimum absolute atomic E-state index is 0.112. The van der Waals surface area contributed by atoms with Gasteiger partial charge in [-0.25, -0.2) is 4.98 Å². The Morgan fingerprint density at radius 1 is 1.33 bits per heavy atom. The van der Waals surface area contributed by atoms with Crippen LogP contribution in [0.2, 0.25) is 0 Å². The first-order chi connectivity index (χ1) is 10.1. The van der Waals surface area contributed by atoms with Crippen LogP contribution in [0.25, 0.3) is 0 Å². The lowest BCUT2D eigenvalue weighted by Gasteiger charge is -2.15. The van der Waals surface area contributed by atoms with E-state index in [-0.39, 0.29) is 18.1 Å². The third-order valence-electron chi connectivity index (χ3n) is 3.05. The molecule has 0 spiro atoms. The van der Waals surface area contributed by atoms with E-state index in [9.17, 15) is 4.79 Å². The average molecular weight is 287 g/mol. The van der Waals surface area contributed by atoms with Crippen LogP contribution in [0.15, 0.2) is 36.7 Å². The van der Waals surface area contributed by atoms with Crippen molar-refractivity contribution in [2.75, 3.05) is 0 Å².